The molecule has 0 aliphatic heterocycles. The minimum absolute atomic E-state index is 1.21. The van der Waals surface area contributed by atoms with E-state index in [2.05, 4.69) is 61.5 Å². The molecule has 2 rings (SSSR count). The van der Waals surface area contributed by atoms with Crippen molar-refractivity contribution < 1.29 is 0 Å². The summed E-state index contributed by atoms with van der Waals surface area (Å²) in [6.45, 7) is 2.29. The lowest BCUT2D eigenvalue weighted by Crippen LogP contribution is -1.82. The van der Waals surface area contributed by atoms with Crippen LogP contribution in [0.5, 0.6) is 0 Å². The highest BCUT2D eigenvalue weighted by atomic mass is 14.0. The highest BCUT2D eigenvalue weighted by Gasteiger charge is 1.94. The first kappa shape index (κ1) is 20.7. The normalized spacial score (nSPS) is 11.6. The smallest absolute Gasteiger partial charge is 0.0178 e. The highest BCUT2D eigenvalue weighted by Crippen LogP contribution is 2.17. The van der Waals surface area contributed by atoms with Gasteiger partial charge >= 0.3 is 0 Å². The SMILES string of the molecule is CCCCCCCCCCCCCC/C=C/c1ccc2ccccc2c1. The Labute approximate surface area is 161 Å². The fourth-order valence-corrected chi connectivity index (χ4v) is 3.63. The van der Waals surface area contributed by atoms with Crippen molar-refractivity contribution in [2.75, 3.05) is 0 Å². The zero-order valence-electron chi connectivity index (χ0n) is 16.9. The molecular weight excluding hydrogens is 312 g/mol. The molecule has 0 saturated heterocycles. The average Bonchev–Trinajstić information content (AvgIpc) is 2.68. The van der Waals surface area contributed by atoms with Gasteiger partial charge in [-0.05, 0) is 35.2 Å². The van der Waals surface area contributed by atoms with Crippen molar-refractivity contribution in [3.63, 3.8) is 0 Å². The predicted octanol–water partition coefficient (Wildman–Crippen LogP) is 8.94. The summed E-state index contributed by atoms with van der Waals surface area (Å²) in [6.07, 6.45) is 22.9. The maximum atomic E-state index is 2.35. The van der Waals surface area contributed by atoms with Gasteiger partial charge in [0.2, 0.25) is 0 Å². The first-order valence-electron chi connectivity index (χ1n) is 11.1. The van der Waals surface area contributed by atoms with E-state index >= 15 is 0 Å². The molecule has 0 heteroatoms. The summed E-state index contributed by atoms with van der Waals surface area (Å²) in [5, 5.41) is 2.66. The lowest BCUT2D eigenvalue weighted by Gasteiger charge is -2.02. The van der Waals surface area contributed by atoms with Gasteiger partial charge in [-0.1, -0.05) is 126 Å². The van der Waals surface area contributed by atoms with Gasteiger partial charge in [0.05, 0.1) is 0 Å². The number of benzene rings is 2. The number of allylic oxidation sites excluding steroid dienone is 1. The zero-order valence-corrected chi connectivity index (χ0v) is 16.9. The van der Waals surface area contributed by atoms with Crippen molar-refractivity contribution in [3.8, 4) is 0 Å². The molecule has 0 atom stereocenters. The molecule has 26 heavy (non-hydrogen) atoms. The Kier molecular flexibility index (Phi) is 10.9. The van der Waals surface area contributed by atoms with E-state index in [4.69, 9.17) is 0 Å². The van der Waals surface area contributed by atoms with Gasteiger partial charge in [0, 0.05) is 0 Å². The van der Waals surface area contributed by atoms with E-state index < -0.39 is 0 Å². The Hall–Kier alpha value is -1.56. The number of unbranched alkanes of at least 4 members (excludes halogenated alkanes) is 12. The molecule has 0 unspecified atom stereocenters. The van der Waals surface area contributed by atoms with Gasteiger partial charge in [-0.3, -0.25) is 0 Å². The van der Waals surface area contributed by atoms with E-state index in [9.17, 15) is 0 Å². The van der Waals surface area contributed by atoms with Gasteiger partial charge in [-0.2, -0.15) is 0 Å². The summed E-state index contributed by atoms with van der Waals surface area (Å²) < 4.78 is 0. The van der Waals surface area contributed by atoms with Crippen LogP contribution in [-0.2, 0) is 0 Å². The largest absolute Gasteiger partial charge is 0.0839 e. The zero-order chi connectivity index (χ0) is 18.3. The highest BCUT2D eigenvalue weighted by molar-refractivity contribution is 5.84. The summed E-state index contributed by atoms with van der Waals surface area (Å²) in [7, 11) is 0. The molecule has 0 bridgehead atoms. The molecule has 0 amide bonds. The van der Waals surface area contributed by atoms with Crippen molar-refractivity contribution in [2.24, 2.45) is 0 Å². The summed E-state index contributed by atoms with van der Waals surface area (Å²) >= 11 is 0. The second-order valence-corrected chi connectivity index (χ2v) is 7.69. The second-order valence-electron chi connectivity index (χ2n) is 7.69. The van der Waals surface area contributed by atoms with Crippen molar-refractivity contribution in [3.05, 3.63) is 54.1 Å². The first-order valence-corrected chi connectivity index (χ1v) is 11.1. The molecule has 0 spiro atoms. The lowest BCUT2D eigenvalue weighted by atomic mass is 10.0. The Balaban J connectivity index is 1.45. The molecule has 0 fully saturated rings. The van der Waals surface area contributed by atoms with Gasteiger partial charge in [-0.25, -0.2) is 0 Å². The molecule has 142 valence electrons. The molecular formula is C26H38. The second kappa shape index (κ2) is 13.6. The predicted molar refractivity (Wildman–Crippen MR) is 119 cm³/mol. The molecule has 0 nitrogen and oxygen atoms in total. The Morgan fingerprint density at radius 1 is 0.615 bits per heavy atom. The first-order chi connectivity index (χ1) is 12.9. The Bertz CT molecular complexity index is 623. The topological polar surface area (TPSA) is 0 Å². The van der Waals surface area contributed by atoms with Crippen LogP contribution in [0.25, 0.3) is 16.8 Å². The minimum Gasteiger partial charge on any atom is -0.0839 e. The van der Waals surface area contributed by atoms with E-state index in [1.54, 1.807) is 0 Å². The third kappa shape index (κ3) is 8.70. The molecule has 2 aromatic rings. The number of fused-ring (bicyclic) bond motifs is 1. The summed E-state index contributed by atoms with van der Waals surface area (Å²) in [4.78, 5) is 0. The van der Waals surface area contributed by atoms with Crippen LogP contribution in [-0.4, -0.2) is 0 Å². The van der Waals surface area contributed by atoms with E-state index in [0.717, 1.165) is 0 Å². The maximum absolute atomic E-state index is 2.35. The minimum atomic E-state index is 1.21. The molecule has 0 heterocycles. The molecule has 0 aromatic heterocycles. The monoisotopic (exact) mass is 350 g/mol. The van der Waals surface area contributed by atoms with E-state index in [1.165, 1.54) is 99.8 Å². The summed E-state index contributed by atoms with van der Waals surface area (Å²) in [6, 6.07) is 15.3. The third-order valence-corrected chi connectivity index (χ3v) is 5.31. The van der Waals surface area contributed by atoms with Crippen LogP contribution in [0.2, 0.25) is 0 Å². The van der Waals surface area contributed by atoms with Crippen molar-refractivity contribution in [1.29, 1.82) is 0 Å². The van der Waals surface area contributed by atoms with Crippen LogP contribution >= 0.6 is 0 Å². The third-order valence-electron chi connectivity index (χ3n) is 5.31. The number of hydrogen-bond donors (Lipinski definition) is 0. The molecule has 2 aromatic carbocycles. The number of hydrogen-bond acceptors (Lipinski definition) is 0. The van der Waals surface area contributed by atoms with Crippen LogP contribution in [0.3, 0.4) is 0 Å². The quantitative estimate of drug-likeness (QED) is 0.298. The maximum Gasteiger partial charge on any atom is -0.0178 e. The van der Waals surface area contributed by atoms with E-state index in [-0.39, 0.29) is 0 Å². The average molecular weight is 351 g/mol. The number of rotatable bonds is 14. The Morgan fingerprint density at radius 3 is 1.85 bits per heavy atom. The summed E-state index contributed by atoms with van der Waals surface area (Å²) in [5.74, 6) is 0. The van der Waals surface area contributed by atoms with E-state index in [0.29, 0.717) is 0 Å². The van der Waals surface area contributed by atoms with Crippen molar-refractivity contribution in [2.45, 2.75) is 90.4 Å². The van der Waals surface area contributed by atoms with Crippen LogP contribution in [0.4, 0.5) is 0 Å². The fourth-order valence-electron chi connectivity index (χ4n) is 3.63. The van der Waals surface area contributed by atoms with Gasteiger partial charge in [0.1, 0.15) is 0 Å². The molecule has 0 aliphatic rings. The summed E-state index contributed by atoms with van der Waals surface area (Å²) in [5.41, 5.74) is 1.32. The molecule has 0 N–H and O–H groups in total. The van der Waals surface area contributed by atoms with Crippen molar-refractivity contribution in [1.82, 2.24) is 0 Å². The molecule has 0 radical (unpaired) electrons. The fraction of sp³-hybridized carbons (Fsp3) is 0.538. The van der Waals surface area contributed by atoms with Crippen LogP contribution in [0.1, 0.15) is 96.0 Å². The van der Waals surface area contributed by atoms with Crippen LogP contribution in [0.15, 0.2) is 48.5 Å². The van der Waals surface area contributed by atoms with Crippen molar-refractivity contribution >= 4 is 16.8 Å². The van der Waals surface area contributed by atoms with Gasteiger partial charge in [0.15, 0.2) is 0 Å². The standard InChI is InChI=1S/C26H38/c1-2-3-4-5-6-7-8-9-10-11-12-13-14-15-18-24-21-22-25-19-16-17-20-26(25)23-24/h15-23H,2-14H2,1H3/b18-15+. The lowest BCUT2D eigenvalue weighted by molar-refractivity contribution is 0.545. The van der Waals surface area contributed by atoms with E-state index in [1.807, 2.05) is 0 Å². The van der Waals surface area contributed by atoms with Crippen LogP contribution < -0.4 is 0 Å². The van der Waals surface area contributed by atoms with Gasteiger partial charge < -0.3 is 0 Å². The molecule has 0 aliphatic carbocycles. The van der Waals surface area contributed by atoms with Gasteiger partial charge in [0.25, 0.3) is 0 Å². The van der Waals surface area contributed by atoms with Crippen LogP contribution in [0, 0.1) is 0 Å². The van der Waals surface area contributed by atoms with Gasteiger partial charge in [-0.15, -0.1) is 0 Å². The molecule has 0 saturated carbocycles. The Morgan fingerprint density at radius 2 is 1.19 bits per heavy atom.